The van der Waals surface area contributed by atoms with Crippen LogP contribution in [0.25, 0.3) is 10.8 Å². The molecular formula is C23H24N6O4. The van der Waals surface area contributed by atoms with Crippen LogP contribution in [0.1, 0.15) is 29.4 Å². The van der Waals surface area contributed by atoms with Crippen molar-refractivity contribution >= 4 is 34.4 Å². The van der Waals surface area contributed by atoms with E-state index < -0.39 is 42.1 Å². The van der Waals surface area contributed by atoms with E-state index in [-0.39, 0.29) is 12.2 Å². The van der Waals surface area contributed by atoms with Crippen molar-refractivity contribution in [2.24, 2.45) is 5.73 Å². The lowest BCUT2D eigenvalue weighted by molar-refractivity contribution is -0.130. The van der Waals surface area contributed by atoms with Gasteiger partial charge in [0.05, 0.1) is 12.6 Å². The van der Waals surface area contributed by atoms with E-state index in [9.17, 15) is 19.2 Å². The predicted octanol–water partition coefficient (Wildman–Crippen LogP) is 0.425. The number of nitrogens with zero attached hydrogens (tertiary/aromatic N) is 2. The summed E-state index contributed by atoms with van der Waals surface area (Å²) in [5.41, 5.74) is 6.12. The molecule has 0 fully saturated rings. The lowest BCUT2D eigenvalue weighted by atomic mass is 10.0. The zero-order valence-electron chi connectivity index (χ0n) is 17.9. The van der Waals surface area contributed by atoms with Crippen LogP contribution >= 0.6 is 0 Å². The van der Waals surface area contributed by atoms with Crippen LogP contribution in [0.4, 0.5) is 0 Å². The van der Waals surface area contributed by atoms with Gasteiger partial charge in [-0.3, -0.25) is 24.2 Å². The number of benzene rings is 2. The predicted molar refractivity (Wildman–Crippen MR) is 120 cm³/mol. The van der Waals surface area contributed by atoms with Gasteiger partial charge < -0.3 is 21.7 Å². The molecule has 3 aromatic rings. The first kappa shape index (κ1) is 23.3. The molecule has 1 heterocycles. The Kier molecular flexibility index (Phi) is 7.64. The van der Waals surface area contributed by atoms with E-state index >= 15 is 0 Å². The molecule has 0 saturated carbocycles. The Bertz CT molecular complexity index is 1160. The molecule has 0 bridgehead atoms. The van der Waals surface area contributed by atoms with Gasteiger partial charge in [-0.1, -0.05) is 42.5 Å². The van der Waals surface area contributed by atoms with Crippen molar-refractivity contribution in [2.45, 2.75) is 32.0 Å². The average molecular weight is 448 g/mol. The smallest absolute Gasteiger partial charge is 0.272 e. The van der Waals surface area contributed by atoms with Gasteiger partial charge in [-0.25, -0.2) is 4.98 Å². The Morgan fingerprint density at radius 2 is 1.73 bits per heavy atom. The minimum Gasteiger partial charge on any atom is -0.370 e. The molecule has 0 spiro atoms. The first-order valence-electron chi connectivity index (χ1n) is 10.2. The third-order valence-electron chi connectivity index (χ3n) is 4.91. The number of nitrogens with two attached hydrogens (primary N) is 1. The number of carbonyl (C=O) groups is 4. The SMILES string of the molecule is C[C@H](NC(=O)[C@H](CC(N)=O)NC(=O)c1cnccn1)C(=O)NCc1cccc2ccccc12. The van der Waals surface area contributed by atoms with Crippen molar-refractivity contribution in [1.82, 2.24) is 25.9 Å². The Labute approximate surface area is 190 Å². The molecule has 3 rings (SSSR count). The Morgan fingerprint density at radius 3 is 2.45 bits per heavy atom. The fourth-order valence-electron chi connectivity index (χ4n) is 3.22. The highest BCUT2D eigenvalue weighted by molar-refractivity contribution is 5.98. The van der Waals surface area contributed by atoms with Gasteiger partial charge in [0.25, 0.3) is 5.91 Å². The Morgan fingerprint density at radius 1 is 0.970 bits per heavy atom. The van der Waals surface area contributed by atoms with Gasteiger partial charge in [0, 0.05) is 18.9 Å². The number of hydrogen-bond donors (Lipinski definition) is 4. The highest BCUT2D eigenvalue weighted by Crippen LogP contribution is 2.18. The van der Waals surface area contributed by atoms with Crippen LogP contribution in [0, 0.1) is 0 Å². The topological polar surface area (TPSA) is 156 Å². The molecule has 10 nitrogen and oxygen atoms in total. The van der Waals surface area contributed by atoms with Gasteiger partial charge in [-0.05, 0) is 23.3 Å². The molecule has 2 atom stereocenters. The largest absolute Gasteiger partial charge is 0.370 e. The van der Waals surface area contributed by atoms with Crippen molar-refractivity contribution in [1.29, 1.82) is 0 Å². The normalized spacial score (nSPS) is 12.4. The highest BCUT2D eigenvalue weighted by atomic mass is 16.2. The third-order valence-corrected chi connectivity index (χ3v) is 4.91. The number of amides is 4. The fraction of sp³-hybridized carbons (Fsp3) is 0.217. The van der Waals surface area contributed by atoms with Crippen LogP contribution < -0.4 is 21.7 Å². The summed E-state index contributed by atoms with van der Waals surface area (Å²) in [5.74, 6) is -2.63. The highest BCUT2D eigenvalue weighted by Gasteiger charge is 2.26. The molecule has 10 heteroatoms. The maximum Gasteiger partial charge on any atom is 0.272 e. The molecule has 0 aliphatic carbocycles. The van der Waals surface area contributed by atoms with Crippen molar-refractivity contribution < 1.29 is 19.2 Å². The summed E-state index contributed by atoms with van der Waals surface area (Å²) in [5, 5.41) is 9.77. The lowest BCUT2D eigenvalue weighted by Crippen LogP contribution is -2.53. The van der Waals surface area contributed by atoms with Crippen LogP contribution in [0.5, 0.6) is 0 Å². The van der Waals surface area contributed by atoms with Gasteiger partial charge >= 0.3 is 0 Å². The van der Waals surface area contributed by atoms with Gasteiger partial charge in [0.1, 0.15) is 17.8 Å². The zero-order valence-corrected chi connectivity index (χ0v) is 17.9. The number of rotatable bonds is 9. The van der Waals surface area contributed by atoms with Crippen molar-refractivity contribution in [3.05, 3.63) is 72.3 Å². The standard InChI is InChI=1S/C23H24N6O4/c1-14(21(31)27-12-16-7-4-6-15-5-2-3-8-17(15)16)28-22(32)18(11-20(24)30)29-23(33)19-13-25-9-10-26-19/h2-10,13-14,18H,11-12H2,1H3,(H2,24,30)(H,27,31)(H,28,32)(H,29,33)/t14-,18-/m0/s1. The molecule has 170 valence electrons. The first-order chi connectivity index (χ1) is 15.8. The molecule has 2 aromatic carbocycles. The molecule has 33 heavy (non-hydrogen) atoms. The van der Waals surface area contributed by atoms with Crippen LogP contribution in [-0.4, -0.2) is 45.7 Å². The average Bonchev–Trinajstić information content (AvgIpc) is 2.82. The number of nitrogens with one attached hydrogen (secondary N) is 3. The van der Waals surface area contributed by atoms with E-state index in [0.717, 1.165) is 16.3 Å². The van der Waals surface area contributed by atoms with Gasteiger partial charge in [0.15, 0.2) is 0 Å². The van der Waals surface area contributed by atoms with Crippen LogP contribution in [-0.2, 0) is 20.9 Å². The molecule has 0 radical (unpaired) electrons. The van der Waals surface area contributed by atoms with E-state index in [1.807, 2.05) is 42.5 Å². The maximum absolute atomic E-state index is 12.7. The number of carbonyl (C=O) groups excluding carboxylic acids is 4. The molecule has 5 N–H and O–H groups in total. The summed E-state index contributed by atoms with van der Waals surface area (Å²) >= 11 is 0. The van der Waals surface area contributed by atoms with E-state index in [1.54, 1.807) is 0 Å². The maximum atomic E-state index is 12.7. The van der Waals surface area contributed by atoms with Gasteiger partial charge in [-0.15, -0.1) is 0 Å². The summed E-state index contributed by atoms with van der Waals surface area (Å²) in [4.78, 5) is 56.6. The summed E-state index contributed by atoms with van der Waals surface area (Å²) in [6.45, 7) is 1.77. The molecular weight excluding hydrogens is 424 g/mol. The van der Waals surface area contributed by atoms with E-state index in [1.165, 1.54) is 25.5 Å². The number of primary amides is 1. The van der Waals surface area contributed by atoms with Crippen molar-refractivity contribution in [2.75, 3.05) is 0 Å². The molecule has 0 aliphatic rings. The van der Waals surface area contributed by atoms with Crippen molar-refractivity contribution in [3.8, 4) is 0 Å². The quantitative estimate of drug-likeness (QED) is 0.372. The molecule has 1 aromatic heterocycles. The fourth-order valence-corrected chi connectivity index (χ4v) is 3.22. The van der Waals surface area contributed by atoms with Crippen LogP contribution in [0.2, 0.25) is 0 Å². The Balaban J connectivity index is 1.60. The monoisotopic (exact) mass is 448 g/mol. The number of fused-ring (bicyclic) bond motifs is 1. The second kappa shape index (κ2) is 10.8. The second-order valence-electron chi connectivity index (χ2n) is 7.37. The van der Waals surface area contributed by atoms with Gasteiger partial charge in [0.2, 0.25) is 17.7 Å². The van der Waals surface area contributed by atoms with Crippen LogP contribution in [0.3, 0.4) is 0 Å². The molecule has 0 saturated heterocycles. The summed E-state index contributed by atoms with van der Waals surface area (Å²) in [6.07, 6.45) is 3.49. The minimum absolute atomic E-state index is 0.0272. The van der Waals surface area contributed by atoms with E-state index in [4.69, 9.17) is 5.73 Å². The van der Waals surface area contributed by atoms with Crippen molar-refractivity contribution in [3.63, 3.8) is 0 Å². The molecule has 4 amide bonds. The minimum atomic E-state index is -1.27. The molecule has 0 unspecified atom stereocenters. The van der Waals surface area contributed by atoms with Gasteiger partial charge in [-0.2, -0.15) is 0 Å². The second-order valence-corrected chi connectivity index (χ2v) is 7.37. The summed E-state index contributed by atoms with van der Waals surface area (Å²) in [7, 11) is 0. The summed E-state index contributed by atoms with van der Waals surface area (Å²) in [6, 6.07) is 11.4. The third kappa shape index (κ3) is 6.33. The number of aromatic nitrogens is 2. The van der Waals surface area contributed by atoms with E-state index in [0.29, 0.717) is 0 Å². The van der Waals surface area contributed by atoms with Crippen LogP contribution in [0.15, 0.2) is 61.1 Å². The zero-order chi connectivity index (χ0) is 23.8. The number of hydrogen-bond acceptors (Lipinski definition) is 6. The van der Waals surface area contributed by atoms with E-state index in [2.05, 4.69) is 25.9 Å². The first-order valence-corrected chi connectivity index (χ1v) is 10.2. The molecule has 0 aliphatic heterocycles. The summed E-state index contributed by atoms with van der Waals surface area (Å²) < 4.78 is 0. The lowest BCUT2D eigenvalue weighted by Gasteiger charge is -2.20. The Hall–Kier alpha value is -4.34.